The van der Waals surface area contributed by atoms with Crippen LogP contribution in [-0.4, -0.2) is 25.0 Å². The van der Waals surface area contributed by atoms with Crippen molar-refractivity contribution in [3.05, 3.63) is 75.6 Å². The Bertz CT molecular complexity index is 1120. The molecule has 30 heavy (non-hydrogen) atoms. The van der Waals surface area contributed by atoms with Crippen LogP contribution in [0.2, 0.25) is 0 Å². The first kappa shape index (κ1) is 21.1. The average Bonchev–Trinajstić information content (AvgIpc) is 2.73. The number of ether oxygens (including phenoxy) is 1. The third-order valence-corrected chi connectivity index (χ3v) is 5.00. The zero-order valence-electron chi connectivity index (χ0n) is 16.8. The SMILES string of the molecule is COc1ccc2c(C)c(CCC(=O)N[C@@H](Cc3ccccc3)C(=O)[O-])c(=O)oc2c1. The van der Waals surface area contributed by atoms with Crippen LogP contribution in [0.1, 0.15) is 23.1 Å². The maximum atomic E-state index is 12.4. The van der Waals surface area contributed by atoms with Crippen LogP contribution in [0.15, 0.2) is 57.7 Å². The van der Waals surface area contributed by atoms with Gasteiger partial charge in [0.05, 0.1) is 19.1 Å². The Morgan fingerprint density at radius 3 is 2.57 bits per heavy atom. The van der Waals surface area contributed by atoms with E-state index in [4.69, 9.17) is 9.15 Å². The van der Waals surface area contributed by atoms with E-state index in [0.717, 1.165) is 16.5 Å². The highest BCUT2D eigenvalue weighted by Gasteiger charge is 2.17. The highest BCUT2D eigenvalue weighted by molar-refractivity contribution is 5.84. The quantitative estimate of drug-likeness (QED) is 0.566. The number of carbonyl (C=O) groups excluding carboxylic acids is 2. The monoisotopic (exact) mass is 408 g/mol. The average molecular weight is 408 g/mol. The molecule has 0 aliphatic carbocycles. The van der Waals surface area contributed by atoms with Crippen molar-refractivity contribution in [2.75, 3.05) is 7.11 Å². The summed E-state index contributed by atoms with van der Waals surface area (Å²) in [7, 11) is 1.52. The minimum Gasteiger partial charge on any atom is -0.548 e. The van der Waals surface area contributed by atoms with Gasteiger partial charge in [-0.1, -0.05) is 30.3 Å². The van der Waals surface area contributed by atoms with Crippen LogP contribution in [0.5, 0.6) is 5.75 Å². The van der Waals surface area contributed by atoms with Crippen molar-refractivity contribution >= 4 is 22.8 Å². The van der Waals surface area contributed by atoms with E-state index in [1.54, 1.807) is 49.4 Å². The number of carboxylic acids is 1. The molecule has 0 saturated heterocycles. The number of aliphatic carboxylic acids is 1. The van der Waals surface area contributed by atoms with Gasteiger partial charge in [-0.05, 0) is 43.0 Å². The lowest BCUT2D eigenvalue weighted by Crippen LogP contribution is -2.49. The number of hydrogen-bond donors (Lipinski definition) is 1. The summed E-state index contributed by atoms with van der Waals surface area (Å²) >= 11 is 0. The van der Waals surface area contributed by atoms with Gasteiger partial charge in [-0.15, -0.1) is 0 Å². The van der Waals surface area contributed by atoms with Crippen LogP contribution in [-0.2, 0) is 22.4 Å². The van der Waals surface area contributed by atoms with Gasteiger partial charge < -0.3 is 24.4 Å². The van der Waals surface area contributed by atoms with Gasteiger partial charge in [-0.2, -0.15) is 0 Å². The van der Waals surface area contributed by atoms with Crippen molar-refractivity contribution in [2.24, 2.45) is 0 Å². The molecule has 156 valence electrons. The highest BCUT2D eigenvalue weighted by atomic mass is 16.5. The van der Waals surface area contributed by atoms with Crippen molar-refractivity contribution in [3.63, 3.8) is 0 Å². The first-order valence-corrected chi connectivity index (χ1v) is 9.53. The number of carbonyl (C=O) groups is 2. The number of hydrogen-bond acceptors (Lipinski definition) is 6. The molecule has 0 aliphatic rings. The molecule has 1 atom stereocenters. The topological polar surface area (TPSA) is 109 Å². The van der Waals surface area contributed by atoms with E-state index in [1.807, 2.05) is 6.07 Å². The number of amides is 1. The Kier molecular flexibility index (Phi) is 6.51. The number of rotatable bonds is 8. The summed E-state index contributed by atoms with van der Waals surface area (Å²) in [6.07, 6.45) is 0.201. The van der Waals surface area contributed by atoms with Gasteiger partial charge in [0, 0.05) is 23.4 Å². The van der Waals surface area contributed by atoms with E-state index in [-0.39, 0.29) is 19.3 Å². The maximum absolute atomic E-state index is 12.4. The molecule has 3 rings (SSSR count). The van der Waals surface area contributed by atoms with Crippen molar-refractivity contribution in [1.29, 1.82) is 0 Å². The Morgan fingerprint density at radius 1 is 1.17 bits per heavy atom. The molecule has 0 saturated carbocycles. The molecular weight excluding hydrogens is 386 g/mol. The highest BCUT2D eigenvalue weighted by Crippen LogP contribution is 2.24. The predicted molar refractivity (Wildman–Crippen MR) is 109 cm³/mol. The van der Waals surface area contributed by atoms with Crippen LogP contribution in [0, 0.1) is 6.92 Å². The van der Waals surface area contributed by atoms with Gasteiger partial charge in [-0.25, -0.2) is 4.79 Å². The Labute approximate surface area is 173 Å². The molecule has 1 aromatic heterocycles. The molecule has 7 heteroatoms. The van der Waals surface area contributed by atoms with E-state index in [1.165, 1.54) is 7.11 Å². The van der Waals surface area contributed by atoms with Gasteiger partial charge in [-0.3, -0.25) is 4.79 Å². The van der Waals surface area contributed by atoms with Crippen LogP contribution < -0.4 is 20.8 Å². The van der Waals surface area contributed by atoms with Gasteiger partial charge >= 0.3 is 5.63 Å². The van der Waals surface area contributed by atoms with Crippen molar-refractivity contribution in [3.8, 4) is 5.75 Å². The van der Waals surface area contributed by atoms with E-state index in [9.17, 15) is 19.5 Å². The van der Waals surface area contributed by atoms with Crippen LogP contribution in [0.25, 0.3) is 11.0 Å². The molecule has 7 nitrogen and oxygen atoms in total. The lowest BCUT2D eigenvalue weighted by molar-refractivity contribution is -0.308. The third kappa shape index (κ3) is 4.86. The fourth-order valence-electron chi connectivity index (χ4n) is 3.34. The van der Waals surface area contributed by atoms with Crippen molar-refractivity contribution in [1.82, 2.24) is 5.32 Å². The number of carboxylic acid groups (broad SMARTS) is 1. The summed E-state index contributed by atoms with van der Waals surface area (Å²) in [5.74, 6) is -1.26. The molecule has 0 spiro atoms. The predicted octanol–water partition coefficient (Wildman–Crippen LogP) is 1.52. The number of fused-ring (bicyclic) bond motifs is 1. The zero-order valence-corrected chi connectivity index (χ0v) is 16.8. The van der Waals surface area contributed by atoms with E-state index >= 15 is 0 Å². The smallest absolute Gasteiger partial charge is 0.339 e. The summed E-state index contributed by atoms with van der Waals surface area (Å²) in [4.78, 5) is 36.2. The molecule has 2 aromatic carbocycles. The Morgan fingerprint density at radius 2 is 1.90 bits per heavy atom. The summed E-state index contributed by atoms with van der Waals surface area (Å²) < 4.78 is 10.5. The first-order chi connectivity index (χ1) is 14.4. The first-order valence-electron chi connectivity index (χ1n) is 9.53. The molecule has 0 bridgehead atoms. The minimum atomic E-state index is -1.36. The van der Waals surface area contributed by atoms with E-state index < -0.39 is 23.5 Å². The second-order valence-electron chi connectivity index (χ2n) is 6.98. The normalized spacial score (nSPS) is 11.8. The number of aryl methyl sites for hydroxylation is 1. The van der Waals surface area contributed by atoms with Crippen LogP contribution >= 0.6 is 0 Å². The lowest BCUT2D eigenvalue weighted by atomic mass is 10.0. The largest absolute Gasteiger partial charge is 0.548 e. The Hall–Kier alpha value is -3.61. The fourth-order valence-corrected chi connectivity index (χ4v) is 3.34. The van der Waals surface area contributed by atoms with Gasteiger partial charge in [0.2, 0.25) is 5.91 Å². The second kappa shape index (κ2) is 9.26. The maximum Gasteiger partial charge on any atom is 0.339 e. The van der Waals surface area contributed by atoms with Gasteiger partial charge in [0.1, 0.15) is 11.3 Å². The van der Waals surface area contributed by atoms with Crippen LogP contribution in [0.4, 0.5) is 0 Å². The summed E-state index contributed by atoms with van der Waals surface area (Å²) in [5.41, 5.74) is 1.76. The van der Waals surface area contributed by atoms with Gasteiger partial charge in [0.15, 0.2) is 0 Å². The number of benzene rings is 2. The Balaban J connectivity index is 1.71. The minimum absolute atomic E-state index is 0.0498. The fraction of sp³-hybridized carbons (Fsp3) is 0.261. The summed E-state index contributed by atoms with van der Waals surface area (Å²) in [6, 6.07) is 13.0. The standard InChI is InChI=1S/C23H23NO6/c1-14-17-9-8-16(29-2)13-20(17)30-23(28)18(14)10-11-21(25)24-19(22(26)27)12-15-6-4-3-5-7-15/h3-9,13,19H,10-12H2,1-2H3,(H,24,25)(H,26,27)/p-1/t19-/m0/s1. The second-order valence-corrected chi connectivity index (χ2v) is 6.98. The number of methoxy groups -OCH3 is 1. The lowest BCUT2D eigenvalue weighted by Gasteiger charge is -2.20. The summed E-state index contributed by atoms with van der Waals surface area (Å²) in [6.45, 7) is 1.79. The molecule has 1 heterocycles. The van der Waals surface area contributed by atoms with Gasteiger partial charge in [0.25, 0.3) is 0 Å². The molecular formula is C23H22NO6-. The third-order valence-electron chi connectivity index (χ3n) is 5.00. The molecule has 0 radical (unpaired) electrons. The van der Waals surface area contributed by atoms with Crippen LogP contribution in [0.3, 0.4) is 0 Å². The van der Waals surface area contributed by atoms with Crippen molar-refractivity contribution in [2.45, 2.75) is 32.2 Å². The van der Waals surface area contributed by atoms with Crippen molar-refractivity contribution < 1.29 is 23.8 Å². The molecule has 0 unspecified atom stereocenters. The molecule has 1 amide bonds. The molecule has 0 aliphatic heterocycles. The molecule has 1 N–H and O–H groups in total. The number of nitrogens with one attached hydrogen (secondary N) is 1. The molecule has 3 aromatic rings. The summed E-state index contributed by atoms with van der Waals surface area (Å²) in [5, 5.41) is 14.6. The zero-order chi connectivity index (χ0) is 21.7. The van der Waals surface area contributed by atoms with E-state index in [0.29, 0.717) is 16.9 Å². The molecule has 0 fully saturated rings. The van der Waals surface area contributed by atoms with E-state index in [2.05, 4.69) is 5.32 Å².